The Kier molecular flexibility index (Phi) is 5.01. The number of benzene rings is 2. The van der Waals surface area contributed by atoms with Gasteiger partial charge in [0.05, 0.1) is 7.11 Å². The smallest absolute Gasteiger partial charge is 0.287 e. The average Bonchev–Trinajstić information content (AvgIpc) is 2.62. The van der Waals surface area contributed by atoms with Crippen molar-refractivity contribution in [3.8, 4) is 11.4 Å². The van der Waals surface area contributed by atoms with Crippen LogP contribution in [-0.4, -0.2) is 16.7 Å². The second kappa shape index (κ2) is 7.36. The number of nitrogens with zero attached hydrogens (tertiary/aromatic N) is 2. The van der Waals surface area contributed by atoms with Crippen molar-refractivity contribution in [2.45, 2.75) is 17.7 Å². The molecule has 0 aliphatic heterocycles. The summed E-state index contributed by atoms with van der Waals surface area (Å²) in [5, 5.41) is 0.497. The molecule has 2 aromatic carbocycles. The van der Waals surface area contributed by atoms with E-state index < -0.39 is 0 Å². The van der Waals surface area contributed by atoms with Gasteiger partial charge < -0.3 is 4.74 Å². The first kappa shape index (κ1) is 16.3. The summed E-state index contributed by atoms with van der Waals surface area (Å²) in [6.07, 6.45) is 3.34. The van der Waals surface area contributed by atoms with Crippen LogP contribution in [0.25, 0.3) is 5.69 Å². The Balaban J connectivity index is 1.85. The maximum atomic E-state index is 12.7. The number of hydrogen-bond acceptors (Lipinski definition) is 4. The standard InChI is InChI=1S/C19H18N2O2S/c1-14-5-3-4-6-15(14)13-24-18-19(22)21(12-11-20-18)16-7-9-17(23-2)10-8-16/h3-12H,13H2,1-2H3. The zero-order valence-corrected chi connectivity index (χ0v) is 14.4. The molecule has 24 heavy (non-hydrogen) atoms. The molecule has 122 valence electrons. The lowest BCUT2D eigenvalue weighted by Crippen LogP contribution is -2.20. The fourth-order valence-electron chi connectivity index (χ4n) is 2.36. The fourth-order valence-corrected chi connectivity index (χ4v) is 3.33. The Morgan fingerprint density at radius 1 is 1.12 bits per heavy atom. The SMILES string of the molecule is COc1ccc(-n2ccnc(SCc3ccccc3C)c2=O)cc1. The number of aryl methyl sites for hydroxylation is 1. The quantitative estimate of drug-likeness (QED) is 0.663. The summed E-state index contributed by atoms with van der Waals surface area (Å²) in [6, 6.07) is 15.6. The number of ether oxygens (including phenoxy) is 1. The molecule has 0 atom stereocenters. The molecule has 0 spiro atoms. The van der Waals surface area contributed by atoms with Crippen LogP contribution in [-0.2, 0) is 5.75 Å². The first-order valence-corrected chi connectivity index (χ1v) is 8.57. The van der Waals surface area contributed by atoms with E-state index in [-0.39, 0.29) is 5.56 Å². The molecule has 0 fully saturated rings. The van der Waals surface area contributed by atoms with E-state index in [0.717, 1.165) is 17.2 Å². The van der Waals surface area contributed by atoms with Gasteiger partial charge in [0.1, 0.15) is 5.75 Å². The summed E-state index contributed by atoms with van der Waals surface area (Å²) in [5.41, 5.74) is 3.11. The Bertz CT molecular complexity index is 888. The third-order valence-corrected chi connectivity index (χ3v) is 4.79. The zero-order chi connectivity index (χ0) is 16.9. The van der Waals surface area contributed by atoms with Crippen LogP contribution in [0.4, 0.5) is 0 Å². The number of methoxy groups -OCH3 is 1. The first-order valence-electron chi connectivity index (χ1n) is 7.58. The highest BCUT2D eigenvalue weighted by molar-refractivity contribution is 7.98. The zero-order valence-electron chi connectivity index (χ0n) is 13.6. The van der Waals surface area contributed by atoms with Gasteiger partial charge in [0.2, 0.25) is 0 Å². The second-order valence-corrected chi connectivity index (χ2v) is 6.28. The molecule has 0 amide bonds. The Hall–Kier alpha value is -2.53. The maximum absolute atomic E-state index is 12.7. The number of aromatic nitrogens is 2. The van der Waals surface area contributed by atoms with Gasteiger partial charge >= 0.3 is 0 Å². The lowest BCUT2D eigenvalue weighted by atomic mass is 10.1. The lowest BCUT2D eigenvalue weighted by Gasteiger charge is -2.09. The van der Waals surface area contributed by atoms with Crippen LogP contribution in [0.15, 0.2) is 70.7 Å². The van der Waals surface area contributed by atoms with E-state index in [1.807, 2.05) is 36.4 Å². The van der Waals surface area contributed by atoms with Gasteiger partial charge in [-0.1, -0.05) is 36.0 Å². The Morgan fingerprint density at radius 2 is 1.88 bits per heavy atom. The van der Waals surface area contributed by atoms with E-state index in [4.69, 9.17) is 4.74 Å². The highest BCUT2D eigenvalue weighted by Crippen LogP contribution is 2.21. The Morgan fingerprint density at radius 3 is 2.58 bits per heavy atom. The average molecular weight is 338 g/mol. The van der Waals surface area contributed by atoms with E-state index in [1.165, 1.54) is 22.9 Å². The van der Waals surface area contributed by atoms with E-state index in [1.54, 1.807) is 24.1 Å². The van der Waals surface area contributed by atoms with Crippen molar-refractivity contribution in [3.63, 3.8) is 0 Å². The van der Waals surface area contributed by atoms with Crippen molar-refractivity contribution in [2.75, 3.05) is 7.11 Å². The number of rotatable bonds is 5. The molecule has 3 aromatic rings. The molecule has 1 aromatic heterocycles. The molecular formula is C19H18N2O2S. The predicted octanol–water partition coefficient (Wildman–Crippen LogP) is 3.84. The van der Waals surface area contributed by atoms with Gasteiger partial charge in [-0.25, -0.2) is 4.98 Å². The van der Waals surface area contributed by atoms with Crippen LogP contribution >= 0.6 is 11.8 Å². The highest BCUT2D eigenvalue weighted by atomic mass is 32.2. The summed E-state index contributed by atoms with van der Waals surface area (Å²) in [4.78, 5) is 16.9. The molecule has 0 radical (unpaired) electrons. The molecule has 0 saturated carbocycles. The molecule has 0 unspecified atom stereocenters. The predicted molar refractivity (Wildman–Crippen MR) is 97.1 cm³/mol. The highest BCUT2D eigenvalue weighted by Gasteiger charge is 2.08. The molecular weight excluding hydrogens is 320 g/mol. The van der Waals surface area contributed by atoms with Gasteiger partial charge in [0, 0.05) is 23.8 Å². The number of hydrogen-bond donors (Lipinski definition) is 0. The second-order valence-electron chi connectivity index (χ2n) is 5.32. The van der Waals surface area contributed by atoms with Crippen molar-refractivity contribution in [1.82, 2.24) is 9.55 Å². The van der Waals surface area contributed by atoms with Crippen LogP contribution in [0.1, 0.15) is 11.1 Å². The van der Waals surface area contributed by atoms with Crippen LogP contribution in [0.5, 0.6) is 5.75 Å². The minimum absolute atomic E-state index is 0.110. The van der Waals surface area contributed by atoms with Gasteiger partial charge in [0.25, 0.3) is 5.56 Å². The van der Waals surface area contributed by atoms with E-state index in [9.17, 15) is 4.79 Å². The van der Waals surface area contributed by atoms with Gasteiger partial charge in [-0.05, 0) is 42.3 Å². The summed E-state index contributed by atoms with van der Waals surface area (Å²) >= 11 is 1.46. The molecule has 0 bridgehead atoms. The Labute approximate surface area is 145 Å². The van der Waals surface area contributed by atoms with Gasteiger partial charge in [-0.3, -0.25) is 9.36 Å². The van der Waals surface area contributed by atoms with E-state index >= 15 is 0 Å². The summed E-state index contributed by atoms with van der Waals surface area (Å²) in [6.45, 7) is 2.07. The van der Waals surface area contributed by atoms with Crippen molar-refractivity contribution in [3.05, 3.63) is 82.4 Å². The van der Waals surface area contributed by atoms with Crippen LogP contribution in [0, 0.1) is 6.92 Å². The molecule has 3 rings (SSSR count). The van der Waals surface area contributed by atoms with Crippen molar-refractivity contribution in [2.24, 2.45) is 0 Å². The summed E-state index contributed by atoms with van der Waals surface area (Å²) in [5.74, 6) is 1.48. The normalized spacial score (nSPS) is 10.6. The molecule has 5 heteroatoms. The maximum Gasteiger partial charge on any atom is 0.287 e. The lowest BCUT2D eigenvalue weighted by molar-refractivity contribution is 0.414. The number of thioether (sulfide) groups is 1. The van der Waals surface area contributed by atoms with Crippen molar-refractivity contribution >= 4 is 11.8 Å². The molecule has 0 aliphatic carbocycles. The minimum atomic E-state index is -0.110. The van der Waals surface area contributed by atoms with Crippen LogP contribution in [0.2, 0.25) is 0 Å². The molecule has 0 N–H and O–H groups in total. The van der Waals surface area contributed by atoms with Crippen LogP contribution in [0.3, 0.4) is 0 Å². The summed E-state index contributed by atoms with van der Waals surface area (Å²) in [7, 11) is 1.62. The molecule has 0 saturated heterocycles. The van der Waals surface area contributed by atoms with Crippen molar-refractivity contribution < 1.29 is 4.74 Å². The fraction of sp³-hybridized carbons (Fsp3) is 0.158. The summed E-state index contributed by atoms with van der Waals surface area (Å²) < 4.78 is 6.76. The largest absolute Gasteiger partial charge is 0.497 e. The topological polar surface area (TPSA) is 44.1 Å². The van der Waals surface area contributed by atoms with E-state index in [2.05, 4.69) is 24.0 Å². The van der Waals surface area contributed by atoms with Crippen LogP contribution < -0.4 is 10.3 Å². The molecule has 0 aliphatic rings. The van der Waals surface area contributed by atoms with Gasteiger partial charge in [-0.2, -0.15) is 0 Å². The van der Waals surface area contributed by atoms with Gasteiger partial charge in [-0.15, -0.1) is 0 Å². The molecule has 4 nitrogen and oxygen atoms in total. The molecule has 1 heterocycles. The third-order valence-electron chi connectivity index (χ3n) is 3.79. The van der Waals surface area contributed by atoms with E-state index in [0.29, 0.717) is 5.03 Å². The monoisotopic (exact) mass is 338 g/mol. The first-order chi connectivity index (χ1) is 11.7. The van der Waals surface area contributed by atoms with Gasteiger partial charge in [0.15, 0.2) is 5.03 Å². The minimum Gasteiger partial charge on any atom is -0.497 e. The third kappa shape index (κ3) is 3.51. The van der Waals surface area contributed by atoms with Crippen molar-refractivity contribution in [1.29, 1.82) is 0 Å².